The molecule has 3 heteroatoms. The van der Waals surface area contributed by atoms with Gasteiger partial charge in [0.15, 0.2) is 0 Å². The Labute approximate surface area is 86.1 Å². The van der Waals surface area contributed by atoms with Gasteiger partial charge in [-0.25, -0.2) is 0 Å². The van der Waals surface area contributed by atoms with Crippen LogP contribution in [0.5, 0.6) is 0 Å². The van der Waals surface area contributed by atoms with Gasteiger partial charge in [-0.2, -0.15) is 0 Å². The second kappa shape index (κ2) is 4.30. The number of hydrogen-bond donors (Lipinski definition) is 1. The quantitative estimate of drug-likeness (QED) is 0.752. The van der Waals surface area contributed by atoms with Gasteiger partial charge in [0.2, 0.25) is 0 Å². The van der Waals surface area contributed by atoms with Gasteiger partial charge in [0.05, 0.1) is 0 Å². The van der Waals surface area contributed by atoms with E-state index in [1.54, 1.807) is 0 Å². The van der Waals surface area contributed by atoms with E-state index in [0.717, 1.165) is 32.4 Å². The summed E-state index contributed by atoms with van der Waals surface area (Å²) in [4.78, 5) is 13.3. The number of aliphatic carboxylic acids is 1. The highest BCUT2D eigenvalue weighted by Gasteiger charge is 2.43. The summed E-state index contributed by atoms with van der Waals surface area (Å²) in [6.07, 6.45) is 2.92. The standard InChI is InChI=1S/C11H21NO2/c1-4-9(2)8-12-7-5-6-11(12,3)10(13)14/h9H,4-8H2,1-3H3,(H,13,14). The average Bonchev–Trinajstić information content (AvgIpc) is 2.49. The van der Waals surface area contributed by atoms with Crippen LogP contribution < -0.4 is 0 Å². The van der Waals surface area contributed by atoms with Crippen LogP contribution in [-0.4, -0.2) is 34.6 Å². The molecule has 0 spiro atoms. The van der Waals surface area contributed by atoms with Crippen LogP contribution in [0, 0.1) is 5.92 Å². The van der Waals surface area contributed by atoms with Crippen molar-refractivity contribution in [1.29, 1.82) is 0 Å². The molecule has 0 radical (unpaired) electrons. The molecule has 2 unspecified atom stereocenters. The SMILES string of the molecule is CCC(C)CN1CCCC1(C)C(=O)O. The monoisotopic (exact) mass is 199 g/mol. The van der Waals surface area contributed by atoms with Crippen molar-refractivity contribution in [2.24, 2.45) is 5.92 Å². The summed E-state index contributed by atoms with van der Waals surface area (Å²) in [5.74, 6) is -0.0786. The number of likely N-dealkylation sites (tertiary alicyclic amines) is 1. The van der Waals surface area contributed by atoms with Gasteiger partial charge in [-0.1, -0.05) is 20.3 Å². The predicted octanol–water partition coefficient (Wildman–Crippen LogP) is 1.97. The summed E-state index contributed by atoms with van der Waals surface area (Å²) >= 11 is 0. The minimum atomic E-state index is -0.668. The minimum absolute atomic E-state index is 0.590. The molecule has 1 saturated heterocycles. The Kier molecular flexibility index (Phi) is 3.53. The van der Waals surface area contributed by atoms with Gasteiger partial charge < -0.3 is 5.11 Å². The Morgan fingerprint density at radius 2 is 2.29 bits per heavy atom. The third-order valence-electron chi connectivity index (χ3n) is 3.48. The maximum atomic E-state index is 11.2. The van der Waals surface area contributed by atoms with E-state index < -0.39 is 11.5 Å². The van der Waals surface area contributed by atoms with E-state index >= 15 is 0 Å². The minimum Gasteiger partial charge on any atom is -0.480 e. The van der Waals surface area contributed by atoms with Crippen molar-refractivity contribution in [1.82, 2.24) is 4.90 Å². The molecule has 2 atom stereocenters. The molecule has 0 aliphatic carbocycles. The fourth-order valence-electron chi connectivity index (χ4n) is 2.06. The number of carboxylic acid groups (broad SMARTS) is 1. The first-order chi connectivity index (χ1) is 6.50. The molecule has 1 aliphatic heterocycles. The molecule has 0 aromatic carbocycles. The molecular formula is C11H21NO2. The Bertz CT molecular complexity index is 217. The van der Waals surface area contributed by atoms with Crippen molar-refractivity contribution < 1.29 is 9.90 Å². The zero-order valence-corrected chi connectivity index (χ0v) is 9.42. The highest BCUT2D eigenvalue weighted by atomic mass is 16.4. The Morgan fingerprint density at radius 1 is 1.64 bits per heavy atom. The van der Waals surface area contributed by atoms with Crippen molar-refractivity contribution in [3.8, 4) is 0 Å². The lowest BCUT2D eigenvalue weighted by Gasteiger charge is -2.32. The van der Waals surface area contributed by atoms with Crippen LogP contribution in [0.1, 0.15) is 40.0 Å². The van der Waals surface area contributed by atoms with Crippen LogP contribution in [-0.2, 0) is 4.79 Å². The van der Waals surface area contributed by atoms with Crippen molar-refractivity contribution in [2.45, 2.75) is 45.6 Å². The van der Waals surface area contributed by atoms with Gasteiger partial charge in [-0.05, 0) is 32.2 Å². The van der Waals surface area contributed by atoms with Gasteiger partial charge in [0.1, 0.15) is 5.54 Å². The molecule has 1 rings (SSSR count). The van der Waals surface area contributed by atoms with Gasteiger partial charge in [0, 0.05) is 6.54 Å². The first-order valence-electron chi connectivity index (χ1n) is 5.49. The van der Waals surface area contributed by atoms with Crippen molar-refractivity contribution in [2.75, 3.05) is 13.1 Å². The zero-order chi connectivity index (χ0) is 10.8. The van der Waals surface area contributed by atoms with E-state index in [1.165, 1.54) is 0 Å². The van der Waals surface area contributed by atoms with Gasteiger partial charge in [-0.3, -0.25) is 9.69 Å². The molecule has 1 fully saturated rings. The summed E-state index contributed by atoms with van der Waals surface area (Å²) in [5.41, 5.74) is -0.608. The predicted molar refractivity (Wildman–Crippen MR) is 56.3 cm³/mol. The van der Waals surface area contributed by atoms with Gasteiger partial charge in [0.25, 0.3) is 0 Å². The maximum Gasteiger partial charge on any atom is 0.323 e. The van der Waals surface area contributed by atoms with E-state index in [9.17, 15) is 9.90 Å². The molecule has 1 N–H and O–H groups in total. The first kappa shape index (κ1) is 11.5. The Balaban J connectivity index is 2.64. The molecule has 0 aromatic heterocycles. The third-order valence-corrected chi connectivity index (χ3v) is 3.48. The molecule has 0 bridgehead atoms. The molecule has 0 aromatic rings. The van der Waals surface area contributed by atoms with Crippen molar-refractivity contribution in [3.63, 3.8) is 0 Å². The lowest BCUT2D eigenvalue weighted by atomic mass is 9.98. The van der Waals surface area contributed by atoms with Crippen LogP contribution in [0.3, 0.4) is 0 Å². The lowest BCUT2D eigenvalue weighted by molar-refractivity contribution is -0.148. The molecule has 14 heavy (non-hydrogen) atoms. The van der Waals surface area contributed by atoms with Crippen LogP contribution in [0.2, 0.25) is 0 Å². The maximum absolute atomic E-state index is 11.2. The largest absolute Gasteiger partial charge is 0.480 e. The average molecular weight is 199 g/mol. The number of nitrogens with zero attached hydrogens (tertiary/aromatic N) is 1. The molecule has 1 heterocycles. The highest BCUT2D eigenvalue weighted by molar-refractivity contribution is 5.78. The Morgan fingerprint density at radius 3 is 2.79 bits per heavy atom. The number of rotatable bonds is 4. The van der Waals surface area contributed by atoms with Crippen LogP contribution in [0.15, 0.2) is 0 Å². The van der Waals surface area contributed by atoms with E-state index in [4.69, 9.17) is 0 Å². The van der Waals surface area contributed by atoms with Crippen LogP contribution >= 0.6 is 0 Å². The molecule has 0 amide bonds. The fraction of sp³-hybridized carbons (Fsp3) is 0.909. The van der Waals surface area contributed by atoms with Crippen LogP contribution in [0.4, 0.5) is 0 Å². The van der Waals surface area contributed by atoms with Crippen molar-refractivity contribution in [3.05, 3.63) is 0 Å². The number of hydrogen-bond acceptors (Lipinski definition) is 2. The molecule has 3 nitrogen and oxygen atoms in total. The summed E-state index contributed by atoms with van der Waals surface area (Å²) < 4.78 is 0. The van der Waals surface area contributed by atoms with E-state index in [1.807, 2.05) is 6.92 Å². The Hall–Kier alpha value is -0.570. The second-order valence-electron chi connectivity index (χ2n) is 4.64. The number of carbonyl (C=O) groups is 1. The summed E-state index contributed by atoms with van der Waals surface area (Å²) in [5, 5.41) is 9.19. The lowest BCUT2D eigenvalue weighted by Crippen LogP contribution is -2.49. The summed E-state index contributed by atoms with van der Waals surface area (Å²) in [7, 11) is 0. The fourth-order valence-corrected chi connectivity index (χ4v) is 2.06. The topological polar surface area (TPSA) is 40.5 Å². The van der Waals surface area contributed by atoms with E-state index in [-0.39, 0.29) is 0 Å². The van der Waals surface area contributed by atoms with E-state index in [2.05, 4.69) is 18.7 Å². The smallest absolute Gasteiger partial charge is 0.323 e. The molecular weight excluding hydrogens is 178 g/mol. The third kappa shape index (κ3) is 2.08. The van der Waals surface area contributed by atoms with Crippen molar-refractivity contribution >= 4 is 5.97 Å². The van der Waals surface area contributed by atoms with Gasteiger partial charge in [-0.15, -0.1) is 0 Å². The molecule has 0 saturated carbocycles. The highest BCUT2D eigenvalue weighted by Crippen LogP contribution is 2.30. The number of carboxylic acids is 1. The van der Waals surface area contributed by atoms with E-state index in [0.29, 0.717) is 5.92 Å². The normalized spacial score (nSPS) is 30.5. The summed E-state index contributed by atoms with van der Waals surface area (Å²) in [6, 6.07) is 0. The van der Waals surface area contributed by atoms with Crippen LogP contribution in [0.25, 0.3) is 0 Å². The zero-order valence-electron chi connectivity index (χ0n) is 9.42. The molecule has 82 valence electrons. The first-order valence-corrected chi connectivity index (χ1v) is 5.49. The second-order valence-corrected chi connectivity index (χ2v) is 4.64. The summed E-state index contributed by atoms with van der Waals surface area (Å²) in [6.45, 7) is 8.04. The van der Waals surface area contributed by atoms with Gasteiger partial charge >= 0.3 is 5.97 Å². The molecule has 1 aliphatic rings.